The summed E-state index contributed by atoms with van der Waals surface area (Å²) in [5.41, 5.74) is 0. The summed E-state index contributed by atoms with van der Waals surface area (Å²) in [4.78, 5) is 9.90. The normalized spacial score (nSPS) is 10.0. The summed E-state index contributed by atoms with van der Waals surface area (Å²) in [6.45, 7) is 0. The Labute approximate surface area is 66.6 Å². The van der Waals surface area contributed by atoms with E-state index in [1.54, 1.807) is 0 Å². The first kappa shape index (κ1) is 9.89. The van der Waals surface area contributed by atoms with E-state index in [0.29, 0.717) is 0 Å². The minimum atomic E-state index is 0.765. The maximum atomic E-state index is 9.90. The number of carbonyl (C=O) groups excluding carboxylic acids is 1. The van der Waals surface area contributed by atoms with Crippen LogP contribution < -0.4 is 0 Å². The van der Waals surface area contributed by atoms with Crippen LogP contribution in [0.25, 0.3) is 0 Å². The highest BCUT2D eigenvalue weighted by Crippen LogP contribution is 2.05. The first-order valence-electron chi connectivity index (χ1n) is 4.35. The van der Waals surface area contributed by atoms with Gasteiger partial charge in [-0.25, -0.2) is 0 Å². The Morgan fingerprint density at radius 2 is 1.60 bits per heavy atom. The number of carbonyl (C=O) groups is 1. The second kappa shape index (κ2) is 8.89. The van der Waals surface area contributed by atoms with Gasteiger partial charge >= 0.3 is 0 Å². The molecule has 0 aromatic carbocycles. The van der Waals surface area contributed by atoms with Crippen molar-refractivity contribution in [2.75, 3.05) is 0 Å². The van der Waals surface area contributed by atoms with Gasteiger partial charge in [0.1, 0.15) is 6.29 Å². The minimum absolute atomic E-state index is 0.765. The van der Waals surface area contributed by atoms with E-state index in [1.807, 2.05) is 0 Å². The zero-order valence-corrected chi connectivity index (χ0v) is 8.94. The van der Waals surface area contributed by atoms with Gasteiger partial charge < -0.3 is 4.79 Å². The van der Waals surface area contributed by atoms with Gasteiger partial charge in [0.25, 0.3) is 0 Å². The Morgan fingerprint density at radius 3 is 2.20 bits per heavy atom. The van der Waals surface area contributed by atoms with Crippen molar-refractivity contribution in [1.29, 1.82) is 0 Å². The standard InChI is InChI=1S/C8H18OSi/c9-7-5-3-1-2-4-6-8-10/h7H,1-6,8H2,10H3. The lowest BCUT2D eigenvalue weighted by Crippen LogP contribution is -1.79. The lowest BCUT2D eigenvalue weighted by atomic mass is 10.1. The molecule has 0 aromatic heterocycles. The molecule has 0 saturated carbocycles. The molecular formula is C8H18OSi. The van der Waals surface area contributed by atoms with Crippen molar-refractivity contribution >= 4 is 16.5 Å². The molecular weight excluding hydrogens is 140 g/mol. The van der Waals surface area contributed by atoms with Crippen molar-refractivity contribution in [3.8, 4) is 0 Å². The summed E-state index contributed by atoms with van der Waals surface area (Å²) in [5, 5.41) is 0. The van der Waals surface area contributed by atoms with Gasteiger partial charge in [-0.3, -0.25) is 0 Å². The Hall–Kier alpha value is -0.113. The van der Waals surface area contributed by atoms with Crippen LogP contribution in [0.4, 0.5) is 0 Å². The molecule has 0 spiro atoms. The van der Waals surface area contributed by atoms with Crippen LogP contribution in [-0.2, 0) is 4.79 Å². The predicted octanol–water partition coefficient (Wildman–Crippen LogP) is 1.31. The van der Waals surface area contributed by atoms with Crippen molar-refractivity contribution in [2.24, 2.45) is 0 Å². The second-order valence-corrected chi connectivity index (χ2v) is 3.72. The summed E-state index contributed by atoms with van der Waals surface area (Å²) in [6.07, 6.45) is 8.25. The van der Waals surface area contributed by atoms with Gasteiger partial charge in [0, 0.05) is 16.7 Å². The van der Waals surface area contributed by atoms with Crippen molar-refractivity contribution in [3.05, 3.63) is 0 Å². The zero-order valence-electron chi connectivity index (χ0n) is 6.94. The largest absolute Gasteiger partial charge is 0.303 e. The molecule has 0 bridgehead atoms. The first-order valence-corrected chi connectivity index (χ1v) is 5.77. The number of hydrogen-bond acceptors (Lipinski definition) is 1. The van der Waals surface area contributed by atoms with Crippen molar-refractivity contribution < 1.29 is 4.79 Å². The topological polar surface area (TPSA) is 17.1 Å². The van der Waals surface area contributed by atoms with Gasteiger partial charge in [-0.05, 0) is 6.42 Å². The van der Waals surface area contributed by atoms with E-state index in [1.165, 1.54) is 42.0 Å². The molecule has 0 aromatic rings. The molecule has 60 valence electrons. The van der Waals surface area contributed by atoms with E-state index in [2.05, 4.69) is 0 Å². The lowest BCUT2D eigenvalue weighted by Gasteiger charge is -1.95. The minimum Gasteiger partial charge on any atom is -0.303 e. The summed E-state index contributed by atoms with van der Waals surface area (Å²) in [5.74, 6) is 0. The van der Waals surface area contributed by atoms with Crippen molar-refractivity contribution in [1.82, 2.24) is 0 Å². The molecule has 10 heavy (non-hydrogen) atoms. The van der Waals surface area contributed by atoms with Crippen molar-refractivity contribution in [3.63, 3.8) is 0 Å². The van der Waals surface area contributed by atoms with Crippen LogP contribution in [0.15, 0.2) is 0 Å². The molecule has 0 heterocycles. The monoisotopic (exact) mass is 158 g/mol. The Balaban J connectivity index is 2.70. The van der Waals surface area contributed by atoms with Gasteiger partial charge in [-0.2, -0.15) is 0 Å². The van der Waals surface area contributed by atoms with Crippen LogP contribution in [0.5, 0.6) is 0 Å². The van der Waals surface area contributed by atoms with Gasteiger partial charge in [0.2, 0.25) is 0 Å². The maximum Gasteiger partial charge on any atom is 0.119 e. The highest BCUT2D eigenvalue weighted by atomic mass is 28.1. The summed E-state index contributed by atoms with van der Waals surface area (Å²) in [7, 11) is 1.35. The SMILES string of the molecule is O=CCCCCCCC[SiH3]. The number of aldehydes is 1. The van der Waals surface area contributed by atoms with Gasteiger partial charge in [0.05, 0.1) is 0 Å². The van der Waals surface area contributed by atoms with Crippen LogP contribution in [0.1, 0.15) is 38.5 Å². The molecule has 2 heteroatoms. The fraction of sp³-hybridized carbons (Fsp3) is 0.875. The third-order valence-electron chi connectivity index (χ3n) is 1.68. The molecule has 0 unspecified atom stereocenters. The quantitative estimate of drug-likeness (QED) is 0.310. The molecule has 0 N–H and O–H groups in total. The molecule has 1 nitrogen and oxygen atoms in total. The van der Waals surface area contributed by atoms with Gasteiger partial charge in [0.15, 0.2) is 0 Å². The Kier molecular flexibility index (Phi) is 8.79. The summed E-state index contributed by atoms with van der Waals surface area (Å²) in [6, 6.07) is 1.44. The van der Waals surface area contributed by atoms with E-state index in [-0.39, 0.29) is 0 Å². The molecule has 0 amide bonds. The fourth-order valence-corrected chi connectivity index (χ4v) is 1.51. The predicted molar refractivity (Wildman–Crippen MR) is 48.5 cm³/mol. The Bertz CT molecular complexity index is 73.7. The number of rotatable bonds is 7. The van der Waals surface area contributed by atoms with Crippen LogP contribution in [0.2, 0.25) is 6.04 Å². The van der Waals surface area contributed by atoms with Crippen LogP contribution in [0, 0.1) is 0 Å². The highest BCUT2D eigenvalue weighted by molar-refractivity contribution is 6.08. The smallest absolute Gasteiger partial charge is 0.119 e. The first-order chi connectivity index (χ1) is 4.91. The second-order valence-electron chi connectivity index (χ2n) is 2.72. The van der Waals surface area contributed by atoms with Crippen LogP contribution >= 0.6 is 0 Å². The average Bonchev–Trinajstić information content (AvgIpc) is 1.97. The summed E-state index contributed by atoms with van der Waals surface area (Å²) >= 11 is 0. The molecule has 0 aliphatic rings. The molecule has 0 saturated heterocycles. The number of hydrogen-bond donors (Lipinski definition) is 0. The summed E-state index contributed by atoms with van der Waals surface area (Å²) < 4.78 is 0. The molecule has 0 aliphatic carbocycles. The molecule has 0 rings (SSSR count). The van der Waals surface area contributed by atoms with E-state index in [4.69, 9.17) is 0 Å². The molecule has 0 atom stereocenters. The third kappa shape index (κ3) is 7.89. The maximum absolute atomic E-state index is 9.90. The van der Waals surface area contributed by atoms with Gasteiger partial charge in [-0.15, -0.1) is 0 Å². The van der Waals surface area contributed by atoms with Crippen LogP contribution in [0.3, 0.4) is 0 Å². The van der Waals surface area contributed by atoms with Crippen molar-refractivity contribution in [2.45, 2.75) is 44.6 Å². The Morgan fingerprint density at radius 1 is 1.00 bits per heavy atom. The zero-order chi connectivity index (χ0) is 7.66. The van der Waals surface area contributed by atoms with E-state index in [9.17, 15) is 4.79 Å². The van der Waals surface area contributed by atoms with E-state index in [0.717, 1.165) is 19.1 Å². The average molecular weight is 158 g/mol. The molecule has 0 aliphatic heterocycles. The lowest BCUT2D eigenvalue weighted by molar-refractivity contribution is -0.107. The van der Waals surface area contributed by atoms with Gasteiger partial charge in [-0.1, -0.05) is 31.7 Å². The highest BCUT2D eigenvalue weighted by Gasteiger charge is 1.87. The van der Waals surface area contributed by atoms with E-state index >= 15 is 0 Å². The molecule has 0 radical (unpaired) electrons. The van der Waals surface area contributed by atoms with E-state index < -0.39 is 0 Å². The third-order valence-corrected chi connectivity index (χ3v) is 2.38. The molecule has 0 fully saturated rings. The fourth-order valence-electron chi connectivity index (χ4n) is 1.01. The number of unbranched alkanes of at least 4 members (excludes halogenated alkanes) is 5. The van der Waals surface area contributed by atoms with Crippen LogP contribution in [-0.4, -0.2) is 16.5 Å².